The molecule has 1 atom stereocenters. The molecule has 7 nitrogen and oxygen atoms in total. The van der Waals surface area contributed by atoms with Gasteiger partial charge in [0.1, 0.15) is 18.0 Å². The Kier molecular flexibility index (Phi) is 6.99. The lowest BCUT2D eigenvalue weighted by atomic mass is 10.0. The molecule has 0 spiro atoms. The van der Waals surface area contributed by atoms with E-state index in [0.29, 0.717) is 6.04 Å². The van der Waals surface area contributed by atoms with Crippen LogP contribution < -0.4 is 10.2 Å². The SMILES string of the molecule is CC.CNCc1cn2c(n1)CC(N(C)c1ncnc3c1ccn3SI)CC2. The van der Waals surface area contributed by atoms with E-state index in [1.54, 1.807) is 15.4 Å². The summed E-state index contributed by atoms with van der Waals surface area (Å²) in [7, 11) is 5.70. The van der Waals surface area contributed by atoms with Crippen LogP contribution in [0.5, 0.6) is 0 Å². The monoisotopic (exact) mass is 499 g/mol. The minimum atomic E-state index is 0.394. The smallest absolute Gasteiger partial charge is 0.156 e. The standard InChI is InChI=1S/C16H20IN7S.C2H6/c1-18-8-11-9-23-5-3-12(7-14(23)21-11)22(2)15-13-4-6-24(25-17)16(13)20-10-19-15;1-2/h4,6,9-10,12,18H,3,5,7-8H2,1-2H3;1-2H3. The topological polar surface area (TPSA) is 63.8 Å². The first-order valence-corrected chi connectivity index (χ1v) is 12.6. The Morgan fingerprint density at radius 2 is 2.19 bits per heavy atom. The normalized spacial score (nSPS) is 16.0. The second-order valence-corrected chi connectivity index (χ2v) is 7.99. The number of imidazole rings is 1. The van der Waals surface area contributed by atoms with Crippen LogP contribution in [0.3, 0.4) is 0 Å². The molecule has 0 amide bonds. The van der Waals surface area contributed by atoms with Gasteiger partial charge in [-0.15, -0.1) is 0 Å². The second kappa shape index (κ2) is 9.24. The molecule has 146 valence electrons. The van der Waals surface area contributed by atoms with Crippen molar-refractivity contribution in [3.05, 3.63) is 36.3 Å². The summed E-state index contributed by atoms with van der Waals surface area (Å²) in [4.78, 5) is 16.1. The second-order valence-electron chi connectivity index (χ2n) is 6.27. The Labute approximate surface area is 176 Å². The van der Waals surface area contributed by atoms with Crippen molar-refractivity contribution >= 4 is 47.2 Å². The van der Waals surface area contributed by atoms with E-state index in [0.717, 1.165) is 48.5 Å². The molecule has 4 rings (SSSR count). The number of hydrogen-bond acceptors (Lipinski definition) is 6. The van der Waals surface area contributed by atoms with Crippen molar-refractivity contribution in [2.24, 2.45) is 0 Å². The summed E-state index contributed by atoms with van der Waals surface area (Å²) in [5.74, 6) is 2.16. The Bertz CT molecular complexity index is 891. The third-order valence-electron chi connectivity index (χ3n) is 4.77. The van der Waals surface area contributed by atoms with Gasteiger partial charge in [0.15, 0.2) is 5.65 Å². The van der Waals surface area contributed by atoms with Gasteiger partial charge in [-0.25, -0.2) is 15.0 Å². The quantitative estimate of drug-likeness (QED) is 0.541. The van der Waals surface area contributed by atoms with Gasteiger partial charge in [0.2, 0.25) is 0 Å². The molecule has 1 aliphatic rings. The molecule has 4 heterocycles. The molecule has 0 aromatic carbocycles. The van der Waals surface area contributed by atoms with E-state index in [1.807, 2.05) is 27.1 Å². The maximum Gasteiger partial charge on any atom is 0.156 e. The van der Waals surface area contributed by atoms with Crippen LogP contribution >= 0.6 is 30.3 Å². The number of nitrogens with one attached hydrogen (secondary N) is 1. The van der Waals surface area contributed by atoms with Crippen LogP contribution in [0.15, 0.2) is 24.8 Å². The van der Waals surface area contributed by atoms with Gasteiger partial charge in [0.05, 0.1) is 11.1 Å². The fourth-order valence-electron chi connectivity index (χ4n) is 3.49. The average molecular weight is 499 g/mol. The molecular weight excluding hydrogens is 473 g/mol. The third kappa shape index (κ3) is 4.09. The molecule has 3 aromatic heterocycles. The minimum absolute atomic E-state index is 0.394. The highest BCUT2D eigenvalue weighted by Crippen LogP contribution is 2.30. The highest BCUT2D eigenvalue weighted by molar-refractivity contribution is 14.2. The highest BCUT2D eigenvalue weighted by Gasteiger charge is 2.26. The largest absolute Gasteiger partial charge is 0.356 e. The summed E-state index contributed by atoms with van der Waals surface area (Å²) < 4.78 is 4.35. The van der Waals surface area contributed by atoms with E-state index in [1.165, 1.54) is 5.82 Å². The molecule has 1 aliphatic heterocycles. The number of rotatable bonds is 5. The van der Waals surface area contributed by atoms with Crippen molar-refractivity contribution in [3.8, 4) is 0 Å². The Hall–Kier alpha value is -1.33. The highest BCUT2D eigenvalue weighted by atomic mass is 127. The number of aromatic nitrogens is 5. The molecule has 3 aromatic rings. The maximum atomic E-state index is 4.78. The number of aryl methyl sites for hydroxylation is 1. The number of halogens is 1. The summed E-state index contributed by atoms with van der Waals surface area (Å²) in [6, 6.07) is 2.49. The number of nitrogens with zero attached hydrogens (tertiary/aromatic N) is 6. The third-order valence-corrected chi connectivity index (χ3v) is 6.49. The van der Waals surface area contributed by atoms with Gasteiger partial charge in [0.25, 0.3) is 0 Å². The van der Waals surface area contributed by atoms with Crippen LogP contribution in [0.2, 0.25) is 0 Å². The van der Waals surface area contributed by atoms with Crippen molar-refractivity contribution in [1.29, 1.82) is 0 Å². The first-order chi connectivity index (χ1) is 13.2. The average Bonchev–Trinajstić information content (AvgIpc) is 3.31. The van der Waals surface area contributed by atoms with Crippen LogP contribution in [0.25, 0.3) is 11.0 Å². The van der Waals surface area contributed by atoms with Crippen molar-refractivity contribution in [2.45, 2.75) is 45.8 Å². The molecule has 1 N–H and O–H groups in total. The van der Waals surface area contributed by atoms with Crippen molar-refractivity contribution in [1.82, 2.24) is 28.8 Å². The van der Waals surface area contributed by atoms with Crippen LogP contribution in [0, 0.1) is 0 Å². The number of hydrogen-bond donors (Lipinski definition) is 1. The van der Waals surface area contributed by atoms with Crippen LogP contribution in [-0.4, -0.2) is 43.6 Å². The predicted molar refractivity (Wildman–Crippen MR) is 121 cm³/mol. The van der Waals surface area contributed by atoms with Gasteiger partial charge >= 0.3 is 0 Å². The lowest BCUT2D eigenvalue weighted by molar-refractivity contribution is 0.448. The molecule has 0 saturated carbocycles. The minimum Gasteiger partial charge on any atom is -0.356 e. The summed E-state index contributed by atoms with van der Waals surface area (Å²) in [6.07, 6.45) is 7.90. The fourth-order valence-corrected chi connectivity index (χ4v) is 4.76. The number of fused-ring (bicyclic) bond motifs is 2. The van der Waals surface area contributed by atoms with E-state index >= 15 is 0 Å². The van der Waals surface area contributed by atoms with Crippen LogP contribution in [-0.2, 0) is 19.5 Å². The molecule has 0 saturated heterocycles. The van der Waals surface area contributed by atoms with Gasteiger partial charge in [0, 0.05) is 75.3 Å². The molecule has 0 radical (unpaired) electrons. The molecule has 0 aliphatic carbocycles. The van der Waals surface area contributed by atoms with E-state index in [4.69, 9.17) is 4.98 Å². The van der Waals surface area contributed by atoms with Gasteiger partial charge < -0.3 is 14.8 Å². The zero-order chi connectivity index (χ0) is 19.4. The lowest BCUT2D eigenvalue weighted by Gasteiger charge is -2.32. The predicted octanol–water partition coefficient (Wildman–Crippen LogP) is 3.67. The molecule has 27 heavy (non-hydrogen) atoms. The van der Waals surface area contributed by atoms with E-state index in [-0.39, 0.29) is 0 Å². The van der Waals surface area contributed by atoms with E-state index in [9.17, 15) is 0 Å². The Balaban J connectivity index is 0.00000102. The van der Waals surface area contributed by atoms with Crippen molar-refractivity contribution < 1.29 is 0 Å². The molecule has 1 unspecified atom stereocenters. The van der Waals surface area contributed by atoms with Crippen LogP contribution in [0.4, 0.5) is 5.82 Å². The first-order valence-electron chi connectivity index (χ1n) is 9.24. The van der Waals surface area contributed by atoms with Crippen molar-refractivity contribution in [2.75, 3.05) is 19.0 Å². The molecule has 0 bridgehead atoms. The van der Waals surface area contributed by atoms with Gasteiger partial charge in [-0.05, 0) is 19.5 Å². The maximum absolute atomic E-state index is 4.78. The number of anilines is 1. The summed E-state index contributed by atoms with van der Waals surface area (Å²) in [6.45, 7) is 5.81. The van der Waals surface area contributed by atoms with Crippen molar-refractivity contribution in [3.63, 3.8) is 0 Å². The van der Waals surface area contributed by atoms with Crippen LogP contribution in [0.1, 0.15) is 31.8 Å². The van der Waals surface area contributed by atoms with Gasteiger partial charge in [-0.2, -0.15) is 0 Å². The lowest BCUT2D eigenvalue weighted by Crippen LogP contribution is -2.38. The molecular formula is C18H26IN7S. The van der Waals surface area contributed by atoms with Gasteiger partial charge in [-0.3, -0.25) is 3.97 Å². The van der Waals surface area contributed by atoms with Gasteiger partial charge in [-0.1, -0.05) is 13.8 Å². The zero-order valence-electron chi connectivity index (χ0n) is 16.2. The summed E-state index contributed by atoms with van der Waals surface area (Å²) in [5, 5.41) is 4.27. The Morgan fingerprint density at radius 1 is 1.37 bits per heavy atom. The Morgan fingerprint density at radius 3 is 2.93 bits per heavy atom. The fraction of sp³-hybridized carbons (Fsp3) is 0.500. The summed E-state index contributed by atoms with van der Waals surface area (Å²) >= 11 is 2.27. The number of likely N-dealkylation sites (N-methyl/N-ethyl adjacent to an activating group) is 1. The molecule has 0 fully saturated rings. The summed E-state index contributed by atoms with van der Waals surface area (Å²) in [5.41, 5.74) is 2.08. The zero-order valence-corrected chi connectivity index (χ0v) is 19.2. The molecule has 9 heteroatoms. The van der Waals surface area contributed by atoms with E-state index < -0.39 is 0 Å². The first kappa shape index (κ1) is 20.4. The van der Waals surface area contributed by atoms with E-state index in [2.05, 4.69) is 69.2 Å².